The molecule has 0 spiro atoms. The van der Waals surface area contributed by atoms with Gasteiger partial charge < -0.3 is 5.73 Å². The lowest BCUT2D eigenvalue weighted by Crippen LogP contribution is -2.14. The molecular formula is C9H9ClN4O2S2. The number of para-hydroxylation sites is 1. The first kappa shape index (κ1) is 13.1. The molecule has 1 heterocycles. The fraction of sp³-hybridized carbons (Fsp3) is 0.111. The molecule has 0 aliphatic rings. The Morgan fingerprint density at radius 1 is 1.39 bits per heavy atom. The Bertz CT molecular complexity index is 663. The fourth-order valence-electron chi connectivity index (χ4n) is 1.27. The average Bonchev–Trinajstić information content (AvgIpc) is 2.71. The van der Waals surface area contributed by atoms with Crippen molar-refractivity contribution in [2.45, 2.75) is 11.3 Å². The van der Waals surface area contributed by atoms with E-state index in [0.717, 1.165) is 11.3 Å². The van der Waals surface area contributed by atoms with Gasteiger partial charge in [-0.15, -0.1) is 10.2 Å². The number of hydrogen-bond donors (Lipinski definition) is 2. The molecule has 3 N–H and O–H groups in total. The van der Waals surface area contributed by atoms with Gasteiger partial charge in [-0.25, -0.2) is 0 Å². The van der Waals surface area contributed by atoms with Crippen LogP contribution in [0, 0.1) is 6.92 Å². The van der Waals surface area contributed by atoms with Gasteiger partial charge in [-0.1, -0.05) is 35.1 Å². The molecule has 2 aromatic rings. The molecule has 96 valence electrons. The van der Waals surface area contributed by atoms with Crippen molar-refractivity contribution in [2.75, 3.05) is 10.5 Å². The number of aryl methyl sites for hydroxylation is 1. The van der Waals surface area contributed by atoms with Crippen LogP contribution in [0.4, 0.5) is 10.8 Å². The Balaban J connectivity index is 2.40. The van der Waals surface area contributed by atoms with Crippen LogP contribution >= 0.6 is 22.9 Å². The van der Waals surface area contributed by atoms with Crippen LogP contribution < -0.4 is 10.5 Å². The lowest BCUT2D eigenvalue weighted by Gasteiger charge is -2.09. The standard InChI is InChI=1S/C9H9ClN4O2S2/c1-5-3-2-4-6(10)7(5)14-18(15,16)9-13-12-8(11)17-9/h2-4,14H,1H3,(H2,11,12). The Morgan fingerprint density at radius 2 is 2.11 bits per heavy atom. The van der Waals surface area contributed by atoms with E-state index in [4.69, 9.17) is 17.3 Å². The minimum Gasteiger partial charge on any atom is -0.374 e. The second-order valence-corrected chi connectivity index (χ2v) is 6.72. The number of nitrogens with zero attached hydrogens (tertiary/aromatic N) is 2. The maximum atomic E-state index is 12.0. The molecule has 0 aliphatic heterocycles. The SMILES string of the molecule is Cc1cccc(Cl)c1NS(=O)(=O)c1nnc(N)s1. The number of rotatable bonds is 3. The summed E-state index contributed by atoms with van der Waals surface area (Å²) >= 11 is 6.73. The van der Waals surface area contributed by atoms with Gasteiger partial charge in [0.1, 0.15) is 0 Å². The number of anilines is 2. The van der Waals surface area contributed by atoms with Crippen molar-refractivity contribution < 1.29 is 8.42 Å². The number of hydrogen-bond acceptors (Lipinski definition) is 6. The van der Waals surface area contributed by atoms with E-state index in [1.807, 2.05) is 0 Å². The molecule has 9 heteroatoms. The van der Waals surface area contributed by atoms with E-state index < -0.39 is 10.0 Å². The number of nitrogens with one attached hydrogen (secondary N) is 1. The predicted octanol–water partition coefficient (Wildman–Crippen LogP) is 1.88. The molecule has 6 nitrogen and oxygen atoms in total. The Kier molecular flexibility index (Phi) is 3.42. The van der Waals surface area contributed by atoms with Gasteiger partial charge in [0, 0.05) is 0 Å². The Morgan fingerprint density at radius 3 is 2.67 bits per heavy atom. The van der Waals surface area contributed by atoms with Crippen molar-refractivity contribution in [3.8, 4) is 0 Å². The second kappa shape index (κ2) is 4.71. The lowest BCUT2D eigenvalue weighted by atomic mass is 10.2. The summed E-state index contributed by atoms with van der Waals surface area (Å²) in [6, 6.07) is 5.08. The molecule has 0 radical (unpaired) electrons. The zero-order valence-electron chi connectivity index (χ0n) is 9.21. The van der Waals surface area contributed by atoms with Crippen LogP contribution in [0.25, 0.3) is 0 Å². The third kappa shape index (κ3) is 2.55. The van der Waals surface area contributed by atoms with Gasteiger partial charge in [-0.05, 0) is 18.6 Å². The van der Waals surface area contributed by atoms with E-state index >= 15 is 0 Å². The number of benzene rings is 1. The van der Waals surface area contributed by atoms with Gasteiger partial charge >= 0.3 is 0 Å². The van der Waals surface area contributed by atoms with E-state index in [9.17, 15) is 8.42 Å². The second-order valence-electron chi connectivity index (χ2n) is 3.44. The molecule has 0 atom stereocenters. The molecule has 0 aliphatic carbocycles. The average molecular weight is 305 g/mol. The predicted molar refractivity (Wildman–Crippen MR) is 71.3 cm³/mol. The van der Waals surface area contributed by atoms with Crippen molar-refractivity contribution in [3.05, 3.63) is 28.8 Å². The van der Waals surface area contributed by atoms with Gasteiger partial charge in [-0.3, -0.25) is 4.72 Å². The highest BCUT2D eigenvalue weighted by Gasteiger charge is 2.21. The minimum atomic E-state index is -3.81. The molecule has 0 bridgehead atoms. The fourth-order valence-corrected chi connectivity index (χ4v) is 3.53. The smallest absolute Gasteiger partial charge is 0.291 e. The van der Waals surface area contributed by atoms with Crippen molar-refractivity contribution in [2.24, 2.45) is 0 Å². The summed E-state index contributed by atoms with van der Waals surface area (Å²) in [5, 5.41) is 7.36. The first-order chi connectivity index (χ1) is 8.40. The molecule has 1 aromatic carbocycles. The Labute approximate surface area is 113 Å². The Hall–Kier alpha value is -1.38. The summed E-state index contributed by atoms with van der Waals surface area (Å²) in [6.45, 7) is 1.75. The van der Waals surface area contributed by atoms with E-state index in [0.29, 0.717) is 16.3 Å². The molecule has 18 heavy (non-hydrogen) atoms. The van der Waals surface area contributed by atoms with Gasteiger partial charge in [0.25, 0.3) is 14.4 Å². The van der Waals surface area contributed by atoms with E-state index in [-0.39, 0.29) is 9.47 Å². The first-order valence-electron chi connectivity index (χ1n) is 4.77. The van der Waals surface area contributed by atoms with Crippen molar-refractivity contribution in [3.63, 3.8) is 0 Å². The summed E-state index contributed by atoms with van der Waals surface area (Å²) in [5.74, 6) is 0. The molecule has 1 aromatic heterocycles. The third-order valence-corrected chi connectivity index (χ3v) is 4.89. The number of nitrogen functional groups attached to an aromatic ring is 1. The zero-order chi connectivity index (χ0) is 13.3. The van der Waals surface area contributed by atoms with E-state index in [2.05, 4.69) is 14.9 Å². The maximum absolute atomic E-state index is 12.0. The maximum Gasteiger partial charge on any atom is 0.291 e. The summed E-state index contributed by atoms with van der Waals surface area (Å²) in [6.07, 6.45) is 0. The molecule has 0 amide bonds. The van der Waals surface area contributed by atoms with Gasteiger partial charge in [0.15, 0.2) is 0 Å². The van der Waals surface area contributed by atoms with Gasteiger partial charge in [0.2, 0.25) is 5.13 Å². The highest BCUT2D eigenvalue weighted by molar-refractivity contribution is 7.94. The molecule has 0 saturated heterocycles. The monoisotopic (exact) mass is 304 g/mol. The number of sulfonamides is 1. The van der Waals surface area contributed by atoms with Crippen molar-refractivity contribution in [1.29, 1.82) is 0 Å². The molecular weight excluding hydrogens is 296 g/mol. The highest BCUT2D eigenvalue weighted by Crippen LogP contribution is 2.28. The molecule has 0 fully saturated rings. The third-order valence-electron chi connectivity index (χ3n) is 2.11. The summed E-state index contributed by atoms with van der Waals surface area (Å²) in [7, 11) is -3.81. The zero-order valence-corrected chi connectivity index (χ0v) is 11.6. The largest absolute Gasteiger partial charge is 0.374 e. The number of aromatic nitrogens is 2. The quantitative estimate of drug-likeness (QED) is 0.902. The van der Waals surface area contributed by atoms with E-state index in [1.165, 1.54) is 0 Å². The van der Waals surface area contributed by atoms with Crippen LogP contribution in [0.2, 0.25) is 5.02 Å². The van der Waals surface area contributed by atoms with Crippen LogP contribution in [-0.4, -0.2) is 18.6 Å². The van der Waals surface area contributed by atoms with Crippen LogP contribution in [0.5, 0.6) is 0 Å². The van der Waals surface area contributed by atoms with Crippen molar-refractivity contribution in [1.82, 2.24) is 10.2 Å². The lowest BCUT2D eigenvalue weighted by molar-refractivity contribution is 0.599. The van der Waals surface area contributed by atoms with Gasteiger partial charge in [-0.2, -0.15) is 8.42 Å². The summed E-state index contributed by atoms with van der Waals surface area (Å²) in [5.41, 5.74) is 6.39. The molecule has 0 saturated carbocycles. The summed E-state index contributed by atoms with van der Waals surface area (Å²) < 4.78 is 26.2. The van der Waals surface area contributed by atoms with Crippen molar-refractivity contribution >= 4 is 43.8 Å². The van der Waals surface area contributed by atoms with Crippen LogP contribution in [0.15, 0.2) is 22.5 Å². The topological polar surface area (TPSA) is 98.0 Å². The molecule has 2 rings (SSSR count). The summed E-state index contributed by atoms with van der Waals surface area (Å²) in [4.78, 5) is 0. The van der Waals surface area contributed by atoms with Crippen LogP contribution in [0.3, 0.4) is 0 Å². The minimum absolute atomic E-state index is 0.0891. The normalized spacial score (nSPS) is 11.4. The molecule has 0 unspecified atom stereocenters. The number of halogens is 1. The van der Waals surface area contributed by atoms with Gasteiger partial charge in [0.05, 0.1) is 10.7 Å². The van der Waals surface area contributed by atoms with E-state index in [1.54, 1.807) is 25.1 Å². The van der Waals surface area contributed by atoms with Crippen LogP contribution in [0.1, 0.15) is 5.56 Å². The number of nitrogens with two attached hydrogens (primary N) is 1. The first-order valence-corrected chi connectivity index (χ1v) is 7.45. The highest BCUT2D eigenvalue weighted by atomic mass is 35.5. The van der Waals surface area contributed by atoms with Crippen LogP contribution in [-0.2, 0) is 10.0 Å².